The van der Waals surface area contributed by atoms with Crippen LogP contribution in [-0.4, -0.2) is 42.3 Å². The molecule has 132 valence electrons. The number of nitrogens with zero attached hydrogens (tertiary/aromatic N) is 6. The van der Waals surface area contributed by atoms with E-state index in [0.717, 1.165) is 33.0 Å². The van der Waals surface area contributed by atoms with Gasteiger partial charge in [0.2, 0.25) is 0 Å². The zero-order valence-electron chi connectivity index (χ0n) is 14.2. The summed E-state index contributed by atoms with van der Waals surface area (Å²) < 4.78 is 2.92. The molecule has 0 aliphatic carbocycles. The van der Waals surface area contributed by atoms with E-state index in [9.17, 15) is 5.21 Å². The molecule has 0 saturated heterocycles. The molecule has 0 spiro atoms. The van der Waals surface area contributed by atoms with E-state index >= 15 is 0 Å². The van der Waals surface area contributed by atoms with Gasteiger partial charge in [-0.05, 0) is 30.3 Å². The molecule has 0 atom stereocenters. The maximum Gasteiger partial charge on any atom is 0.159 e. The van der Waals surface area contributed by atoms with Crippen molar-refractivity contribution in [3.05, 3.63) is 70.0 Å². The van der Waals surface area contributed by atoms with Crippen LogP contribution in [0.1, 0.15) is 29.8 Å². The molecule has 1 N–H and O–H groups in total. The molecule has 0 bridgehead atoms. The molecule has 0 radical (unpaired) electrons. The fourth-order valence-corrected chi connectivity index (χ4v) is 3.31. The molecular weight excluding hydrogens is 396 g/mol. The first-order valence-electron chi connectivity index (χ1n) is 8.30. The van der Waals surface area contributed by atoms with Crippen LogP contribution in [0.25, 0.3) is 5.69 Å². The summed E-state index contributed by atoms with van der Waals surface area (Å²) in [6.45, 7) is 3.06. The third-order valence-electron chi connectivity index (χ3n) is 4.23. The Bertz CT molecular complexity index is 969. The third-order valence-corrected chi connectivity index (χ3v) is 4.72. The van der Waals surface area contributed by atoms with Crippen molar-refractivity contribution in [2.24, 2.45) is 4.99 Å². The van der Waals surface area contributed by atoms with Gasteiger partial charge in [0.25, 0.3) is 0 Å². The lowest BCUT2D eigenvalue weighted by Crippen LogP contribution is -2.21. The van der Waals surface area contributed by atoms with Crippen LogP contribution in [0.5, 0.6) is 0 Å². The summed E-state index contributed by atoms with van der Waals surface area (Å²) >= 11 is 3.55. The van der Waals surface area contributed by atoms with Gasteiger partial charge in [0.15, 0.2) is 11.6 Å². The van der Waals surface area contributed by atoms with E-state index in [4.69, 9.17) is 4.99 Å². The van der Waals surface area contributed by atoms with Crippen LogP contribution < -0.4 is 0 Å². The third kappa shape index (κ3) is 3.07. The number of rotatable bonds is 4. The number of fused-ring (bicyclic) bond motifs is 3. The lowest BCUT2D eigenvalue weighted by molar-refractivity contribution is -0.0967. The van der Waals surface area contributed by atoms with E-state index < -0.39 is 0 Å². The fourth-order valence-electron chi connectivity index (χ4n) is 2.96. The Balaban J connectivity index is 1.90. The molecule has 3 heterocycles. The average Bonchev–Trinajstić information content (AvgIpc) is 2.98. The normalized spacial score (nSPS) is 13.2. The molecule has 1 aromatic carbocycles. The van der Waals surface area contributed by atoms with E-state index in [1.807, 2.05) is 47.9 Å². The van der Waals surface area contributed by atoms with Crippen LogP contribution >= 0.6 is 15.9 Å². The van der Waals surface area contributed by atoms with Gasteiger partial charge in [-0.2, -0.15) is 5.06 Å². The zero-order chi connectivity index (χ0) is 18.1. The molecule has 0 fully saturated rings. The summed E-state index contributed by atoms with van der Waals surface area (Å²) in [6.07, 6.45) is 1.76. The van der Waals surface area contributed by atoms with Gasteiger partial charge in [-0.1, -0.05) is 28.9 Å². The van der Waals surface area contributed by atoms with E-state index in [0.29, 0.717) is 18.9 Å². The van der Waals surface area contributed by atoms with Gasteiger partial charge in [0.05, 0.1) is 23.6 Å². The van der Waals surface area contributed by atoms with Gasteiger partial charge >= 0.3 is 0 Å². The summed E-state index contributed by atoms with van der Waals surface area (Å²) in [5.41, 5.74) is 3.50. The monoisotopic (exact) mass is 412 g/mol. The van der Waals surface area contributed by atoms with Crippen molar-refractivity contribution >= 4 is 21.6 Å². The smallest absolute Gasteiger partial charge is 0.159 e. The largest absolute Gasteiger partial charge is 0.314 e. The summed E-state index contributed by atoms with van der Waals surface area (Å²) in [6, 6.07) is 11.8. The quantitative estimate of drug-likeness (QED) is 0.666. The predicted molar refractivity (Wildman–Crippen MR) is 101 cm³/mol. The van der Waals surface area contributed by atoms with Crippen molar-refractivity contribution in [1.82, 2.24) is 24.8 Å². The van der Waals surface area contributed by atoms with Crippen LogP contribution in [0.15, 0.2) is 52.1 Å². The standard InChI is InChI=1S/C18H17BrN6O/c1-2-24(26)11-17-23-22-16-10-21-18(14-5-3-4-8-20-14)13-7-6-12(19)9-15(13)25(16)17/h3-9,26H,2,10-11H2,1H3. The minimum absolute atomic E-state index is 0.286. The molecule has 26 heavy (non-hydrogen) atoms. The molecule has 0 unspecified atom stereocenters. The Morgan fingerprint density at radius 3 is 2.88 bits per heavy atom. The number of pyridine rings is 1. The van der Waals surface area contributed by atoms with E-state index in [1.165, 1.54) is 5.06 Å². The first-order valence-corrected chi connectivity index (χ1v) is 9.10. The number of aliphatic imine (C=N–C) groups is 1. The molecule has 1 aliphatic heterocycles. The molecule has 0 saturated carbocycles. The topological polar surface area (TPSA) is 79.4 Å². The highest BCUT2D eigenvalue weighted by Gasteiger charge is 2.24. The molecule has 3 aromatic rings. The minimum Gasteiger partial charge on any atom is -0.314 e. The molecular formula is C18H17BrN6O. The van der Waals surface area contributed by atoms with Gasteiger partial charge in [-0.3, -0.25) is 14.5 Å². The van der Waals surface area contributed by atoms with E-state index in [-0.39, 0.29) is 6.54 Å². The molecule has 8 heteroatoms. The van der Waals surface area contributed by atoms with Crippen LogP contribution in [0.2, 0.25) is 0 Å². The molecule has 4 rings (SSSR count). The number of aromatic nitrogens is 4. The highest BCUT2D eigenvalue weighted by atomic mass is 79.9. The Labute approximate surface area is 159 Å². The van der Waals surface area contributed by atoms with Crippen LogP contribution in [0.3, 0.4) is 0 Å². The Morgan fingerprint density at radius 1 is 1.23 bits per heavy atom. The van der Waals surface area contributed by atoms with Gasteiger partial charge in [0, 0.05) is 22.8 Å². The second-order valence-electron chi connectivity index (χ2n) is 5.89. The number of halogens is 1. The lowest BCUT2D eigenvalue weighted by atomic mass is 10.0. The van der Waals surface area contributed by atoms with Crippen molar-refractivity contribution in [3.8, 4) is 5.69 Å². The maximum atomic E-state index is 9.94. The van der Waals surface area contributed by atoms with Crippen LogP contribution in [0, 0.1) is 0 Å². The lowest BCUT2D eigenvalue weighted by Gasteiger charge is -2.16. The second-order valence-corrected chi connectivity index (χ2v) is 6.81. The Morgan fingerprint density at radius 2 is 2.12 bits per heavy atom. The number of benzene rings is 1. The van der Waals surface area contributed by atoms with Crippen molar-refractivity contribution in [3.63, 3.8) is 0 Å². The molecule has 7 nitrogen and oxygen atoms in total. The number of hydroxylamine groups is 2. The van der Waals surface area contributed by atoms with Crippen LogP contribution in [-0.2, 0) is 13.1 Å². The second kappa shape index (κ2) is 7.06. The first kappa shape index (κ1) is 17.0. The summed E-state index contributed by atoms with van der Waals surface area (Å²) in [5, 5.41) is 19.7. The number of hydrogen-bond acceptors (Lipinski definition) is 6. The molecule has 1 aliphatic rings. The van der Waals surface area contributed by atoms with Gasteiger partial charge in [-0.25, -0.2) is 0 Å². The maximum absolute atomic E-state index is 9.94. The van der Waals surface area contributed by atoms with Crippen molar-refractivity contribution in [2.45, 2.75) is 20.0 Å². The Kier molecular flexibility index (Phi) is 4.62. The highest BCUT2D eigenvalue weighted by Crippen LogP contribution is 2.28. The average molecular weight is 413 g/mol. The fraction of sp³-hybridized carbons (Fsp3) is 0.222. The van der Waals surface area contributed by atoms with E-state index in [2.05, 4.69) is 31.1 Å². The summed E-state index contributed by atoms with van der Waals surface area (Å²) in [7, 11) is 0. The SMILES string of the molecule is CCN(O)Cc1nnc2n1-c1cc(Br)ccc1C(c1ccccn1)=NC2. The summed E-state index contributed by atoms with van der Waals surface area (Å²) in [4.78, 5) is 9.22. The predicted octanol–water partition coefficient (Wildman–Crippen LogP) is 2.99. The van der Waals surface area contributed by atoms with Crippen LogP contribution in [0.4, 0.5) is 0 Å². The molecule has 2 aromatic heterocycles. The first-order chi connectivity index (χ1) is 12.7. The highest BCUT2D eigenvalue weighted by molar-refractivity contribution is 9.10. The molecule has 0 amide bonds. The van der Waals surface area contributed by atoms with Gasteiger partial charge < -0.3 is 5.21 Å². The van der Waals surface area contributed by atoms with Gasteiger partial charge in [0.1, 0.15) is 6.54 Å². The van der Waals surface area contributed by atoms with Crippen molar-refractivity contribution in [2.75, 3.05) is 6.54 Å². The van der Waals surface area contributed by atoms with Crippen molar-refractivity contribution in [1.29, 1.82) is 0 Å². The number of hydrogen-bond donors (Lipinski definition) is 1. The van der Waals surface area contributed by atoms with E-state index in [1.54, 1.807) is 6.20 Å². The van der Waals surface area contributed by atoms with Gasteiger partial charge in [-0.15, -0.1) is 10.2 Å². The Hall–Kier alpha value is -2.42. The minimum atomic E-state index is 0.286. The summed E-state index contributed by atoms with van der Waals surface area (Å²) in [5.74, 6) is 1.40. The zero-order valence-corrected chi connectivity index (χ0v) is 15.8. The van der Waals surface area contributed by atoms with Crippen molar-refractivity contribution < 1.29 is 5.21 Å².